The highest BCUT2D eigenvalue weighted by Crippen LogP contribution is 2.33. The van der Waals surface area contributed by atoms with Crippen molar-refractivity contribution in [3.63, 3.8) is 0 Å². The molecule has 0 spiro atoms. The second-order valence-electron chi connectivity index (χ2n) is 7.86. The normalized spacial score (nSPS) is 22.8. The number of anilines is 1. The van der Waals surface area contributed by atoms with Crippen LogP contribution < -0.4 is 15.0 Å². The summed E-state index contributed by atoms with van der Waals surface area (Å²) in [6.45, 7) is 4.91. The number of urea groups is 1. The molecular weight excluding hydrogens is 372 g/mol. The van der Waals surface area contributed by atoms with Crippen molar-refractivity contribution in [3.05, 3.63) is 24.3 Å². The number of rotatable bonds is 4. The Morgan fingerprint density at radius 3 is 2.69 bits per heavy atom. The Morgan fingerprint density at radius 1 is 1.17 bits per heavy atom. The highest BCUT2D eigenvalue weighted by molar-refractivity contribution is 6.00. The maximum Gasteiger partial charge on any atom is 0.317 e. The van der Waals surface area contributed by atoms with Crippen molar-refractivity contribution in [3.8, 4) is 5.75 Å². The van der Waals surface area contributed by atoms with Gasteiger partial charge in [-0.15, -0.1) is 0 Å². The number of carbonyl (C=O) groups is 3. The van der Waals surface area contributed by atoms with Crippen LogP contribution in [0.4, 0.5) is 10.5 Å². The number of piperidine rings is 1. The minimum atomic E-state index is -0.550. The second kappa shape index (κ2) is 8.31. The molecule has 1 aromatic carbocycles. The van der Waals surface area contributed by atoms with Gasteiger partial charge in [0.25, 0.3) is 5.91 Å². The van der Waals surface area contributed by atoms with Crippen molar-refractivity contribution < 1.29 is 19.1 Å². The minimum absolute atomic E-state index is 0.0136. The average Bonchev–Trinajstić information content (AvgIpc) is 2.74. The lowest BCUT2D eigenvalue weighted by molar-refractivity contribution is -0.132. The molecule has 0 aliphatic carbocycles. The number of carbonyl (C=O) groups excluding carboxylic acids is 3. The van der Waals surface area contributed by atoms with Crippen LogP contribution >= 0.6 is 0 Å². The number of nitrogens with one attached hydrogen (secondary N) is 1. The van der Waals surface area contributed by atoms with Gasteiger partial charge in [-0.3, -0.25) is 9.59 Å². The first-order valence-corrected chi connectivity index (χ1v) is 10.4. The Hall–Kier alpha value is -2.77. The molecule has 1 N–H and O–H groups in total. The van der Waals surface area contributed by atoms with Gasteiger partial charge in [0, 0.05) is 45.2 Å². The van der Waals surface area contributed by atoms with Gasteiger partial charge in [-0.05, 0) is 38.3 Å². The van der Waals surface area contributed by atoms with E-state index in [1.807, 2.05) is 34.1 Å². The van der Waals surface area contributed by atoms with E-state index < -0.39 is 6.10 Å². The van der Waals surface area contributed by atoms with Crippen LogP contribution in [-0.2, 0) is 9.59 Å². The third kappa shape index (κ3) is 4.02. The Balaban J connectivity index is 1.31. The van der Waals surface area contributed by atoms with E-state index in [2.05, 4.69) is 5.32 Å². The van der Waals surface area contributed by atoms with Crippen molar-refractivity contribution in [2.45, 2.75) is 44.8 Å². The van der Waals surface area contributed by atoms with Gasteiger partial charge in [0.05, 0.1) is 5.69 Å². The SMILES string of the molecule is C[C@H]1Oc2ccccc2N(CCC(=O)N2CCC(N3CCCNC3=O)CC2)C1=O. The predicted molar refractivity (Wildman–Crippen MR) is 108 cm³/mol. The summed E-state index contributed by atoms with van der Waals surface area (Å²) in [6.07, 6.45) is 2.30. The summed E-state index contributed by atoms with van der Waals surface area (Å²) in [6, 6.07) is 7.64. The number of nitrogens with zero attached hydrogens (tertiary/aromatic N) is 3. The topological polar surface area (TPSA) is 82.2 Å². The van der Waals surface area contributed by atoms with E-state index in [9.17, 15) is 14.4 Å². The summed E-state index contributed by atoms with van der Waals surface area (Å²) in [7, 11) is 0. The van der Waals surface area contributed by atoms with Gasteiger partial charge in [0.2, 0.25) is 5.91 Å². The summed E-state index contributed by atoms with van der Waals surface area (Å²) >= 11 is 0. The molecule has 156 valence electrons. The highest BCUT2D eigenvalue weighted by atomic mass is 16.5. The van der Waals surface area contributed by atoms with E-state index >= 15 is 0 Å². The van der Waals surface area contributed by atoms with E-state index in [0.717, 1.165) is 38.0 Å². The standard InChI is InChI=1S/C21H28N4O4/c1-15-20(27)25(17-5-2-3-6-18(17)29-15)14-9-19(26)23-12-7-16(8-13-23)24-11-4-10-22-21(24)28/h2-3,5-6,15-16H,4,7-14H2,1H3,(H,22,28)/t15-/m1/s1. The molecule has 4 rings (SSSR count). The lowest BCUT2D eigenvalue weighted by Crippen LogP contribution is -2.55. The number of para-hydroxylation sites is 2. The van der Waals surface area contributed by atoms with Crippen LogP contribution in [-0.4, -0.2) is 72.5 Å². The lowest BCUT2D eigenvalue weighted by Gasteiger charge is -2.40. The second-order valence-corrected chi connectivity index (χ2v) is 7.86. The molecule has 8 nitrogen and oxygen atoms in total. The van der Waals surface area contributed by atoms with E-state index in [4.69, 9.17) is 4.74 Å². The molecule has 1 atom stereocenters. The molecule has 1 aromatic rings. The van der Waals surface area contributed by atoms with Crippen LogP contribution in [0.25, 0.3) is 0 Å². The average molecular weight is 400 g/mol. The monoisotopic (exact) mass is 400 g/mol. The van der Waals surface area contributed by atoms with Gasteiger partial charge in [-0.25, -0.2) is 4.79 Å². The first-order valence-electron chi connectivity index (χ1n) is 10.4. The molecule has 4 amide bonds. The fourth-order valence-electron chi connectivity index (χ4n) is 4.38. The molecule has 2 fully saturated rings. The minimum Gasteiger partial charge on any atom is -0.479 e. The summed E-state index contributed by atoms with van der Waals surface area (Å²) in [5, 5.41) is 2.89. The van der Waals surface area contributed by atoms with Crippen molar-refractivity contribution in [1.29, 1.82) is 0 Å². The Morgan fingerprint density at radius 2 is 1.93 bits per heavy atom. The number of hydrogen-bond acceptors (Lipinski definition) is 4. The van der Waals surface area contributed by atoms with E-state index in [-0.39, 0.29) is 30.3 Å². The summed E-state index contributed by atoms with van der Waals surface area (Å²) < 4.78 is 5.65. The number of benzene rings is 1. The van der Waals surface area contributed by atoms with Crippen LogP contribution in [0.3, 0.4) is 0 Å². The van der Waals surface area contributed by atoms with Gasteiger partial charge in [-0.2, -0.15) is 0 Å². The largest absolute Gasteiger partial charge is 0.479 e. The number of hydrogen-bond donors (Lipinski definition) is 1. The summed E-state index contributed by atoms with van der Waals surface area (Å²) in [5.41, 5.74) is 0.721. The molecule has 3 heterocycles. The van der Waals surface area contributed by atoms with Gasteiger partial charge in [0.15, 0.2) is 6.10 Å². The number of amides is 4. The summed E-state index contributed by atoms with van der Waals surface area (Å²) in [4.78, 5) is 42.8. The van der Waals surface area contributed by atoms with Gasteiger partial charge < -0.3 is 24.8 Å². The van der Waals surface area contributed by atoms with Crippen LogP contribution in [0, 0.1) is 0 Å². The van der Waals surface area contributed by atoms with E-state index in [1.165, 1.54) is 0 Å². The molecule has 0 saturated carbocycles. The Bertz CT molecular complexity index is 791. The molecule has 0 unspecified atom stereocenters. The quantitative estimate of drug-likeness (QED) is 0.832. The van der Waals surface area contributed by atoms with Gasteiger partial charge in [0.1, 0.15) is 5.75 Å². The van der Waals surface area contributed by atoms with Crippen molar-refractivity contribution >= 4 is 23.5 Å². The van der Waals surface area contributed by atoms with Crippen LogP contribution in [0.15, 0.2) is 24.3 Å². The fourth-order valence-corrected chi connectivity index (χ4v) is 4.38. The van der Waals surface area contributed by atoms with E-state index in [0.29, 0.717) is 25.4 Å². The third-order valence-corrected chi connectivity index (χ3v) is 5.99. The molecule has 8 heteroatoms. The zero-order valence-corrected chi connectivity index (χ0v) is 16.8. The first-order chi connectivity index (χ1) is 14.0. The summed E-state index contributed by atoms with van der Waals surface area (Å²) in [5.74, 6) is 0.606. The zero-order valence-electron chi connectivity index (χ0n) is 16.8. The van der Waals surface area contributed by atoms with E-state index in [1.54, 1.807) is 11.8 Å². The third-order valence-electron chi connectivity index (χ3n) is 5.99. The van der Waals surface area contributed by atoms with Gasteiger partial charge >= 0.3 is 6.03 Å². The molecular formula is C21H28N4O4. The zero-order chi connectivity index (χ0) is 20.4. The molecule has 3 aliphatic rings. The molecule has 0 aromatic heterocycles. The first kappa shape index (κ1) is 19.5. The smallest absolute Gasteiger partial charge is 0.317 e. The van der Waals surface area contributed by atoms with Crippen molar-refractivity contribution in [1.82, 2.24) is 15.1 Å². The Labute approximate surface area is 170 Å². The maximum atomic E-state index is 12.8. The molecule has 0 radical (unpaired) electrons. The highest BCUT2D eigenvalue weighted by Gasteiger charge is 2.33. The fraction of sp³-hybridized carbons (Fsp3) is 0.571. The molecule has 0 bridgehead atoms. The number of ether oxygens (including phenoxy) is 1. The van der Waals surface area contributed by atoms with Crippen LogP contribution in [0.2, 0.25) is 0 Å². The molecule has 29 heavy (non-hydrogen) atoms. The lowest BCUT2D eigenvalue weighted by atomic mass is 10.0. The molecule has 3 aliphatic heterocycles. The Kier molecular flexibility index (Phi) is 5.60. The number of fused-ring (bicyclic) bond motifs is 1. The van der Waals surface area contributed by atoms with Crippen LogP contribution in [0.1, 0.15) is 32.6 Å². The predicted octanol–water partition coefficient (Wildman–Crippen LogP) is 1.60. The van der Waals surface area contributed by atoms with Crippen LogP contribution in [0.5, 0.6) is 5.75 Å². The number of likely N-dealkylation sites (tertiary alicyclic amines) is 1. The molecule has 2 saturated heterocycles. The van der Waals surface area contributed by atoms with Gasteiger partial charge in [-0.1, -0.05) is 12.1 Å². The maximum absolute atomic E-state index is 12.8. The van der Waals surface area contributed by atoms with Crippen molar-refractivity contribution in [2.24, 2.45) is 0 Å². The van der Waals surface area contributed by atoms with Crippen molar-refractivity contribution in [2.75, 3.05) is 37.6 Å².